The quantitative estimate of drug-likeness (QED) is 0.831. The van der Waals surface area contributed by atoms with Crippen LogP contribution in [0, 0.1) is 11.8 Å². The maximum absolute atomic E-state index is 12.2. The molecule has 0 bridgehead atoms. The number of carbonyl (C=O) groups excluding carboxylic acids is 1. The zero-order valence-electron chi connectivity index (χ0n) is 10.9. The van der Waals surface area contributed by atoms with Crippen molar-refractivity contribution in [3.63, 3.8) is 0 Å². The van der Waals surface area contributed by atoms with Crippen molar-refractivity contribution in [1.29, 1.82) is 0 Å². The third-order valence-electron chi connectivity index (χ3n) is 2.64. The average Bonchev–Trinajstić information content (AvgIpc) is 2.46. The molecule has 0 saturated heterocycles. The Bertz CT molecular complexity index is 695. The molecule has 0 radical (unpaired) electrons. The van der Waals surface area contributed by atoms with Crippen molar-refractivity contribution < 1.29 is 9.90 Å². The Balaban J connectivity index is 2.16. The van der Waals surface area contributed by atoms with Crippen molar-refractivity contribution in [1.82, 2.24) is 0 Å². The van der Waals surface area contributed by atoms with Gasteiger partial charge in [0.15, 0.2) is 0 Å². The van der Waals surface area contributed by atoms with E-state index in [2.05, 4.69) is 17.2 Å². The number of nitrogens with one attached hydrogen (secondary N) is 1. The lowest BCUT2D eigenvalue weighted by molar-refractivity contribution is 0.102. The normalized spacial score (nSPS) is 9.67. The highest BCUT2D eigenvalue weighted by molar-refractivity contribution is 6.40. The van der Waals surface area contributed by atoms with Gasteiger partial charge in [0.05, 0.1) is 15.6 Å². The van der Waals surface area contributed by atoms with Gasteiger partial charge >= 0.3 is 0 Å². The molecule has 0 heterocycles. The summed E-state index contributed by atoms with van der Waals surface area (Å²) in [5.74, 6) is 4.94. The summed E-state index contributed by atoms with van der Waals surface area (Å²) in [4.78, 5) is 12.2. The molecule has 2 rings (SSSR count). The van der Waals surface area contributed by atoms with E-state index in [1.165, 1.54) is 0 Å². The van der Waals surface area contributed by atoms with Gasteiger partial charge in [0.2, 0.25) is 0 Å². The number of aliphatic hydroxyl groups is 1. The number of hydrogen-bond donors (Lipinski definition) is 2. The molecule has 106 valence electrons. The smallest absolute Gasteiger partial charge is 0.258 e. The minimum absolute atomic E-state index is 0.191. The number of rotatable bonds is 2. The molecule has 0 aliphatic heterocycles. The Hall–Kier alpha value is -1.99. The van der Waals surface area contributed by atoms with Crippen LogP contribution < -0.4 is 5.32 Å². The molecular formula is C16H11Cl2NO2. The standard InChI is InChI=1S/C16H11Cl2NO2/c17-13-4-1-5-14(18)15(13)16(21)19-12-8-6-11(7-9-12)3-2-10-20/h1,4-9,20H,10H2,(H,19,21). The van der Waals surface area contributed by atoms with Gasteiger partial charge in [0, 0.05) is 11.3 Å². The summed E-state index contributed by atoms with van der Waals surface area (Å²) in [6.45, 7) is -0.191. The molecule has 0 saturated carbocycles. The molecule has 2 aromatic carbocycles. The van der Waals surface area contributed by atoms with Crippen molar-refractivity contribution in [2.75, 3.05) is 11.9 Å². The highest BCUT2D eigenvalue weighted by atomic mass is 35.5. The number of hydrogen-bond acceptors (Lipinski definition) is 2. The van der Waals surface area contributed by atoms with E-state index in [-0.39, 0.29) is 18.1 Å². The fraction of sp³-hybridized carbons (Fsp3) is 0.0625. The highest BCUT2D eigenvalue weighted by Gasteiger charge is 2.14. The molecule has 0 aliphatic carbocycles. The molecule has 0 spiro atoms. The topological polar surface area (TPSA) is 49.3 Å². The fourth-order valence-corrected chi connectivity index (χ4v) is 2.26. The first kappa shape index (κ1) is 15.4. The van der Waals surface area contributed by atoms with Crippen molar-refractivity contribution in [2.45, 2.75) is 0 Å². The van der Waals surface area contributed by atoms with Crippen LogP contribution >= 0.6 is 23.2 Å². The molecule has 0 aromatic heterocycles. The second-order valence-corrected chi connectivity index (χ2v) is 4.90. The molecule has 0 fully saturated rings. The van der Waals surface area contributed by atoms with Crippen LogP contribution in [0.4, 0.5) is 5.69 Å². The van der Waals surface area contributed by atoms with Gasteiger partial charge in [-0.1, -0.05) is 41.1 Å². The predicted molar refractivity (Wildman–Crippen MR) is 84.8 cm³/mol. The van der Waals surface area contributed by atoms with Gasteiger partial charge in [0.1, 0.15) is 6.61 Å². The highest BCUT2D eigenvalue weighted by Crippen LogP contribution is 2.25. The molecular weight excluding hydrogens is 309 g/mol. The number of halogens is 2. The Morgan fingerprint density at radius 3 is 2.29 bits per heavy atom. The van der Waals surface area contributed by atoms with Crippen LogP contribution in [0.1, 0.15) is 15.9 Å². The zero-order chi connectivity index (χ0) is 15.2. The average molecular weight is 320 g/mol. The van der Waals surface area contributed by atoms with Gasteiger partial charge in [-0.25, -0.2) is 0 Å². The van der Waals surface area contributed by atoms with Gasteiger partial charge in [-0.3, -0.25) is 4.79 Å². The minimum Gasteiger partial charge on any atom is -0.384 e. The molecule has 3 nitrogen and oxygen atoms in total. The Kier molecular flexibility index (Phi) is 5.24. The van der Waals surface area contributed by atoms with E-state index in [0.717, 1.165) is 5.56 Å². The molecule has 1 amide bonds. The van der Waals surface area contributed by atoms with Gasteiger partial charge in [0.25, 0.3) is 5.91 Å². The van der Waals surface area contributed by atoms with Crippen LogP contribution in [-0.2, 0) is 0 Å². The lowest BCUT2D eigenvalue weighted by Crippen LogP contribution is -2.13. The molecule has 0 unspecified atom stereocenters. The molecule has 5 heteroatoms. The first-order valence-electron chi connectivity index (χ1n) is 6.07. The number of carbonyl (C=O) groups is 1. The SMILES string of the molecule is O=C(Nc1ccc(C#CCO)cc1)c1c(Cl)cccc1Cl. The van der Waals surface area contributed by atoms with Crippen molar-refractivity contribution in [3.8, 4) is 11.8 Å². The van der Waals surface area contributed by atoms with Crippen molar-refractivity contribution in [3.05, 3.63) is 63.6 Å². The van der Waals surface area contributed by atoms with E-state index in [1.54, 1.807) is 42.5 Å². The number of anilines is 1. The van der Waals surface area contributed by atoms with E-state index in [9.17, 15) is 4.79 Å². The molecule has 0 atom stereocenters. The number of benzene rings is 2. The lowest BCUT2D eigenvalue weighted by atomic mass is 10.2. The maximum Gasteiger partial charge on any atom is 0.258 e. The Morgan fingerprint density at radius 2 is 1.71 bits per heavy atom. The van der Waals surface area contributed by atoms with Crippen LogP contribution in [-0.4, -0.2) is 17.6 Å². The maximum atomic E-state index is 12.2. The van der Waals surface area contributed by atoms with E-state index in [0.29, 0.717) is 15.7 Å². The van der Waals surface area contributed by atoms with Gasteiger partial charge in [-0.05, 0) is 36.4 Å². The van der Waals surface area contributed by atoms with Crippen LogP contribution in [0.2, 0.25) is 10.0 Å². The summed E-state index contributed by atoms with van der Waals surface area (Å²) in [6, 6.07) is 11.8. The summed E-state index contributed by atoms with van der Waals surface area (Å²) in [7, 11) is 0. The Labute approximate surface area is 132 Å². The minimum atomic E-state index is -0.375. The number of amides is 1. The molecule has 2 N–H and O–H groups in total. The van der Waals surface area contributed by atoms with E-state index in [1.807, 2.05) is 0 Å². The number of aliphatic hydroxyl groups excluding tert-OH is 1. The summed E-state index contributed by atoms with van der Waals surface area (Å²) in [5.41, 5.74) is 1.59. The van der Waals surface area contributed by atoms with Crippen LogP contribution in [0.25, 0.3) is 0 Å². The van der Waals surface area contributed by atoms with Crippen LogP contribution in [0.3, 0.4) is 0 Å². The summed E-state index contributed by atoms with van der Waals surface area (Å²) in [5, 5.41) is 11.9. The second-order valence-electron chi connectivity index (χ2n) is 4.09. The Morgan fingerprint density at radius 1 is 1.10 bits per heavy atom. The van der Waals surface area contributed by atoms with Crippen LogP contribution in [0.5, 0.6) is 0 Å². The van der Waals surface area contributed by atoms with Gasteiger partial charge in [-0.2, -0.15) is 0 Å². The summed E-state index contributed by atoms with van der Waals surface area (Å²) in [6.07, 6.45) is 0. The fourth-order valence-electron chi connectivity index (χ4n) is 1.69. The van der Waals surface area contributed by atoms with E-state index >= 15 is 0 Å². The van der Waals surface area contributed by atoms with Crippen molar-refractivity contribution >= 4 is 34.8 Å². The summed E-state index contributed by atoms with van der Waals surface area (Å²) >= 11 is 12.0. The van der Waals surface area contributed by atoms with E-state index in [4.69, 9.17) is 28.3 Å². The zero-order valence-corrected chi connectivity index (χ0v) is 12.4. The largest absolute Gasteiger partial charge is 0.384 e. The molecule has 0 aliphatic rings. The molecule has 21 heavy (non-hydrogen) atoms. The lowest BCUT2D eigenvalue weighted by Gasteiger charge is -2.08. The predicted octanol–water partition coefficient (Wildman–Crippen LogP) is 3.59. The van der Waals surface area contributed by atoms with Gasteiger partial charge < -0.3 is 10.4 Å². The van der Waals surface area contributed by atoms with E-state index < -0.39 is 0 Å². The molecule has 2 aromatic rings. The first-order chi connectivity index (χ1) is 10.1. The van der Waals surface area contributed by atoms with Crippen LogP contribution in [0.15, 0.2) is 42.5 Å². The monoisotopic (exact) mass is 319 g/mol. The first-order valence-corrected chi connectivity index (χ1v) is 6.82. The van der Waals surface area contributed by atoms with Gasteiger partial charge in [-0.15, -0.1) is 0 Å². The second kappa shape index (κ2) is 7.14. The third kappa shape index (κ3) is 3.99. The summed E-state index contributed by atoms with van der Waals surface area (Å²) < 4.78 is 0. The van der Waals surface area contributed by atoms with Crippen molar-refractivity contribution in [2.24, 2.45) is 0 Å². The third-order valence-corrected chi connectivity index (χ3v) is 3.27.